The molecule has 0 heterocycles. The summed E-state index contributed by atoms with van der Waals surface area (Å²) in [6, 6.07) is 51.2. The highest BCUT2D eigenvalue weighted by molar-refractivity contribution is 6.25. The largest absolute Gasteiger partial charge is 0.0990 e. The number of benzene rings is 8. The van der Waals surface area contributed by atoms with Gasteiger partial charge < -0.3 is 0 Å². The van der Waals surface area contributed by atoms with Crippen LogP contribution >= 0.6 is 0 Å². The van der Waals surface area contributed by atoms with E-state index in [0.29, 0.717) is 0 Å². The number of allylic oxidation sites excluding steroid dienone is 4. The van der Waals surface area contributed by atoms with Crippen LogP contribution in [-0.4, -0.2) is 0 Å². The molecule has 0 spiro atoms. The normalized spacial score (nSPS) is 12.0. The number of hydrogen-bond donors (Lipinski definition) is 0. The SMILES string of the molecule is C=C/C=C(\C=C)c1ccc2c(c1)c(-c1cccc3ccccc13)cc1c3ccccc3c(-c3ccc4ccccc4c3)cc21. The molecular weight excluding hydrogens is 528 g/mol. The molecule has 0 fully saturated rings. The van der Waals surface area contributed by atoms with Crippen LogP contribution in [0.1, 0.15) is 5.56 Å². The molecule has 0 radical (unpaired) electrons. The second-order valence-electron chi connectivity index (χ2n) is 11.4. The van der Waals surface area contributed by atoms with Crippen LogP contribution in [0.25, 0.3) is 81.7 Å². The second kappa shape index (κ2) is 10.5. The van der Waals surface area contributed by atoms with Crippen LogP contribution < -0.4 is 0 Å². The predicted octanol–water partition coefficient (Wildman–Crippen LogP) is 12.5. The Balaban J connectivity index is 1.52. The van der Waals surface area contributed by atoms with E-state index in [1.807, 2.05) is 18.2 Å². The molecule has 0 unspecified atom stereocenters. The van der Waals surface area contributed by atoms with Gasteiger partial charge in [0.15, 0.2) is 0 Å². The fraction of sp³-hybridized carbons (Fsp3) is 0. The first-order valence-corrected chi connectivity index (χ1v) is 15.1. The molecule has 0 saturated carbocycles. The van der Waals surface area contributed by atoms with E-state index in [2.05, 4.69) is 153 Å². The molecule has 0 aromatic heterocycles. The summed E-state index contributed by atoms with van der Waals surface area (Å²) in [6.45, 7) is 8.03. The van der Waals surface area contributed by atoms with Gasteiger partial charge >= 0.3 is 0 Å². The Morgan fingerprint density at radius 3 is 1.86 bits per heavy atom. The van der Waals surface area contributed by atoms with Crippen LogP contribution in [0.2, 0.25) is 0 Å². The van der Waals surface area contributed by atoms with Crippen molar-refractivity contribution >= 4 is 59.4 Å². The monoisotopic (exact) mass is 558 g/mol. The smallest absolute Gasteiger partial charge is 0.00923 e. The molecule has 44 heavy (non-hydrogen) atoms. The summed E-state index contributed by atoms with van der Waals surface area (Å²) in [5.74, 6) is 0. The first-order chi connectivity index (χ1) is 21.7. The van der Waals surface area contributed by atoms with E-state index in [1.54, 1.807) is 0 Å². The minimum Gasteiger partial charge on any atom is -0.0990 e. The van der Waals surface area contributed by atoms with Crippen LogP contribution in [0.3, 0.4) is 0 Å². The molecule has 0 aliphatic rings. The summed E-state index contributed by atoms with van der Waals surface area (Å²) in [4.78, 5) is 0. The van der Waals surface area contributed by atoms with Crippen molar-refractivity contribution in [2.24, 2.45) is 0 Å². The van der Waals surface area contributed by atoms with E-state index < -0.39 is 0 Å². The third-order valence-electron chi connectivity index (χ3n) is 8.97. The van der Waals surface area contributed by atoms with E-state index in [-0.39, 0.29) is 0 Å². The lowest BCUT2D eigenvalue weighted by molar-refractivity contribution is 1.66. The molecule has 206 valence electrons. The molecule has 8 aromatic rings. The molecule has 0 atom stereocenters. The van der Waals surface area contributed by atoms with Gasteiger partial charge in [0.1, 0.15) is 0 Å². The zero-order chi connectivity index (χ0) is 29.6. The van der Waals surface area contributed by atoms with E-state index in [4.69, 9.17) is 0 Å². The lowest BCUT2D eigenvalue weighted by Gasteiger charge is -2.18. The zero-order valence-electron chi connectivity index (χ0n) is 24.4. The average molecular weight is 559 g/mol. The van der Waals surface area contributed by atoms with E-state index >= 15 is 0 Å². The maximum Gasteiger partial charge on any atom is -0.00923 e. The Morgan fingerprint density at radius 2 is 1.07 bits per heavy atom. The summed E-state index contributed by atoms with van der Waals surface area (Å²) in [5, 5.41) is 12.5. The average Bonchev–Trinajstić information content (AvgIpc) is 3.09. The third-order valence-corrected chi connectivity index (χ3v) is 8.97. The van der Waals surface area contributed by atoms with Crippen LogP contribution in [-0.2, 0) is 0 Å². The lowest BCUT2D eigenvalue weighted by atomic mass is 9.85. The van der Waals surface area contributed by atoms with E-state index in [9.17, 15) is 0 Å². The Kier molecular flexibility index (Phi) is 6.21. The van der Waals surface area contributed by atoms with Gasteiger partial charge in [-0.1, -0.05) is 147 Å². The van der Waals surface area contributed by atoms with Crippen LogP contribution in [0, 0.1) is 0 Å². The van der Waals surface area contributed by atoms with Crippen molar-refractivity contribution in [3.05, 3.63) is 176 Å². The Morgan fingerprint density at radius 1 is 0.409 bits per heavy atom. The quantitative estimate of drug-likeness (QED) is 0.146. The maximum absolute atomic E-state index is 4.09. The van der Waals surface area contributed by atoms with Gasteiger partial charge in [-0.15, -0.1) is 0 Å². The molecule has 8 aromatic carbocycles. The van der Waals surface area contributed by atoms with Crippen LogP contribution in [0.15, 0.2) is 171 Å². The van der Waals surface area contributed by atoms with Crippen molar-refractivity contribution in [3.8, 4) is 22.3 Å². The van der Waals surface area contributed by atoms with Crippen molar-refractivity contribution in [2.75, 3.05) is 0 Å². The van der Waals surface area contributed by atoms with Crippen molar-refractivity contribution in [1.82, 2.24) is 0 Å². The van der Waals surface area contributed by atoms with Gasteiger partial charge in [0, 0.05) is 0 Å². The Hall–Kier alpha value is -5.72. The van der Waals surface area contributed by atoms with Gasteiger partial charge in [0.05, 0.1) is 0 Å². The summed E-state index contributed by atoms with van der Waals surface area (Å²) in [7, 11) is 0. The number of rotatable bonds is 5. The predicted molar refractivity (Wildman–Crippen MR) is 193 cm³/mol. The van der Waals surface area contributed by atoms with Gasteiger partial charge in [-0.3, -0.25) is 0 Å². The minimum absolute atomic E-state index is 1.06. The highest BCUT2D eigenvalue weighted by atomic mass is 14.2. The zero-order valence-corrected chi connectivity index (χ0v) is 24.4. The van der Waals surface area contributed by atoms with Gasteiger partial charge in [0.2, 0.25) is 0 Å². The summed E-state index contributed by atoms with van der Waals surface area (Å²) >= 11 is 0. The Bertz CT molecular complexity index is 2470. The van der Waals surface area contributed by atoms with E-state index in [1.165, 1.54) is 76.1 Å². The fourth-order valence-electron chi connectivity index (χ4n) is 6.87. The maximum atomic E-state index is 4.09. The van der Waals surface area contributed by atoms with Gasteiger partial charge in [0.25, 0.3) is 0 Å². The molecule has 0 aliphatic carbocycles. The minimum atomic E-state index is 1.06. The molecular formula is C44H30. The van der Waals surface area contributed by atoms with Crippen LogP contribution in [0.4, 0.5) is 0 Å². The fourth-order valence-corrected chi connectivity index (χ4v) is 6.87. The summed E-state index contributed by atoms with van der Waals surface area (Å²) in [5.41, 5.74) is 7.14. The van der Waals surface area contributed by atoms with Crippen molar-refractivity contribution in [1.29, 1.82) is 0 Å². The van der Waals surface area contributed by atoms with Gasteiger partial charge in [-0.2, -0.15) is 0 Å². The molecule has 0 nitrogen and oxygen atoms in total. The molecule has 8 rings (SSSR count). The van der Waals surface area contributed by atoms with E-state index in [0.717, 1.165) is 11.1 Å². The molecule has 0 bridgehead atoms. The summed E-state index contributed by atoms with van der Waals surface area (Å²) < 4.78 is 0. The molecule has 0 aliphatic heterocycles. The lowest BCUT2D eigenvalue weighted by Crippen LogP contribution is -1.91. The molecule has 0 heteroatoms. The van der Waals surface area contributed by atoms with Gasteiger partial charge in [-0.25, -0.2) is 0 Å². The van der Waals surface area contributed by atoms with Crippen molar-refractivity contribution in [2.45, 2.75) is 0 Å². The first kappa shape index (κ1) is 25.9. The highest BCUT2D eigenvalue weighted by Crippen LogP contribution is 2.44. The van der Waals surface area contributed by atoms with Gasteiger partial charge in [-0.05, 0) is 112 Å². The van der Waals surface area contributed by atoms with Crippen molar-refractivity contribution < 1.29 is 0 Å². The van der Waals surface area contributed by atoms with Crippen LogP contribution in [0.5, 0.6) is 0 Å². The topological polar surface area (TPSA) is 0 Å². The third kappa shape index (κ3) is 4.15. The number of fused-ring (bicyclic) bond motifs is 7. The molecule has 0 N–H and O–H groups in total. The standard InChI is InChI=1S/C44H30/c1-3-12-29(4-2)33-23-24-39-41(26-33)43(36-20-11-16-31-14-7-8-17-35(31)36)28-44-38-19-10-9-18-37(38)40(27-42(39)44)34-22-21-30-13-5-6-15-32(30)25-34/h3-28H,1-2H2/b29-12+. The Labute approximate surface area is 257 Å². The molecule has 0 saturated heterocycles. The second-order valence-corrected chi connectivity index (χ2v) is 11.4. The summed E-state index contributed by atoms with van der Waals surface area (Å²) in [6.07, 6.45) is 5.76. The highest BCUT2D eigenvalue weighted by Gasteiger charge is 2.16. The number of hydrogen-bond acceptors (Lipinski definition) is 0. The first-order valence-electron chi connectivity index (χ1n) is 15.1. The molecule has 0 amide bonds. The van der Waals surface area contributed by atoms with Crippen molar-refractivity contribution in [3.63, 3.8) is 0 Å².